The Bertz CT molecular complexity index is 330. The van der Waals surface area contributed by atoms with Crippen LogP contribution in [0.2, 0.25) is 0 Å². The van der Waals surface area contributed by atoms with Gasteiger partial charge in [-0.1, -0.05) is 13.8 Å². The summed E-state index contributed by atoms with van der Waals surface area (Å²) in [6.45, 7) is 3.84. The number of rotatable bonds is 8. The molecule has 7 nitrogen and oxygen atoms in total. The molecule has 2 unspecified atom stereocenters. The number of ether oxygens (including phenoxy) is 1. The summed E-state index contributed by atoms with van der Waals surface area (Å²) in [5.41, 5.74) is 5.29. The smallest absolute Gasteiger partial charge is 0.328 e. The van der Waals surface area contributed by atoms with Crippen molar-refractivity contribution in [3.05, 3.63) is 0 Å². The molecule has 0 radical (unpaired) electrons. The van der Waals surface area contributed by atoms with Gasteiger partial charge in [0.2, 0.25) is 5.91 Å². The predicted octanol–water partition coefficient (Wildman–Crippen LogP) is -0.118. The SMILES string of the molecule is COC(=O)C(CC(C)C)NC(=O)CCC(N)C(=O)O. The maximum absolute atomic E-state index is 11.6. The molecular weight excluding hydrogens is 252 g/mol. The van der Waals surface area contributed by atoms with Gasteiger partial charge in [-0.15, -0.1) is 0 Å². The van der Waals surface area contributed by atoms with Crippen LogP contribution < -0.4 is 11.1 Å². The summed E-state index contributed by atoms with van der Waals surface area (Å²) in [5.74, 6) is -1.86. The Morgan fingerprint density at radius 2 is 1.89 bits per heavy atom. The molecule has 110 valence electrons. The standard InChI is InChI=1S/C12H22N2O5/c1-7(2)6-9(12(18)19-3)14-10(15)5-4-8(13)11(16)17/h7-9H,4-6,13H2,1-3H3,(H,14,15)(H,16,17). The molecule has 0 aromatic carbocycles. The number of hydrogen-bond acceptors (Lipinski definition) is 5. The van der Waals surface area contributed by atoms with Gasteiger partial charge in [0.1, 0.15) is 12.1 Å². The number of nitrogens with one attached hydrogen (secondary N) is 1. The Kier molecular flexibility index (Phi) is 7.74. The van der Waals surface area contributed by atoms with Crippen LogP contribution in [-0.2, 0) is 19.1 Å². The number of hydrogen-bond donors (Lipinski definition) is 3. The first-order valence-electron chi connectivity index (χ1n) is 6.13. The first-order chi connectivity index (χ1) is 8.77. The van der Waals surface area contributed by atoms with Crippen LogP contribution in [0, 0.1) is 5.92 Å². The average molecular weight is 274 g/mol. The fourth-order valence-corrected chi connectivity index (χ4v) is 1.50. The van der Waals surface area contributed by atoms with Crippen LogP contribution in [0.3, 0.4) is 0 Å². The number of esters is 1. The van der Waals surface area contributed by atoms with Crippen molar-refractivity contribution < 1.29 is 24.2 Å². The number of aliphatic carboxylic acids is 1. The Hall–Kier alpha value is -1.63. The Balaban J connectivity index is 4.31. The summed E-state index contributed by atoms with van der Waals surface area (Å²) in [5, 5.41) is 11.1. The van der Waals surface area contributed by atoms with Crippen molar-refractivity contribution in [3.63, 3.8) is 0 Å². The van der Waals surface area contributed by atoms with Crippen molar-refractivity contribution in [2.45, 2.75) is 45.2 Å². The number of nitrogens with two attached hydrogens (primary N) is 1. The molecule has 19 heavy (non-hydrogen) atoms. The van der Waals surface area contributed by atoms with Gasteiger partial charge in [-0.2, -0.15) is 0 Å². The normalized spacial score (nSPS) is 13.7. The van der Waals surface area contributed by atoms with Crippen LogP contribution >= 0.6 is 0 Å². The lowest BCUT2D eigenvalue weighted by Gasteiger charge is -2.18. The Labute approximate surface area is 112 Å². The molecule has 0 aliphatic rings. The molecule has 0 rings (SSSR count). The van der Waals surface area contributed by atoms with Gasteiger partial charge < -0.3 is 20.9 Å². The van der Waals surface area contributed by atoms with E-state index in [-0.39, 0.29) is 18.8 Å². The predicted molar refractivity (Wildman–Crippen MR) is 68.2 cm³/mol. The highest BCUT2D eigenvalue weighted by molar-refractivity contribution is 5.84. The molecule has 7 heteroatoms. The molecule has 4 N–H and O–H groups in total. The summed E-state index contributed by atoms with van der Waals surface area (Å²) in [7, 11) is 1.25. The van der Waals surface area contributed by atoms with E-state index in [4.69, 9.17) is 10.8 Å². The van der Waals surface area contributed by atoms with E-state index in [2.05, 4.69) is 10.1 Å². The molecule has 0 aromatic heterocycles. The van der Waals surface area contributed by atoms with Crippen LogP contribution in [-0.4, -0.2) is 42.1 Å². The minimum atomic E-state index is -1.15. The maximum atomic E-state index is 11.6. The van der Waals surface area contributed by atoms with Crippen molar-refractivity contribution in [1.82, 2.24) is 5.32 Å². The number of carboxylic acid groups (broad SMARTS) is 1. The molecule has 1 amide bonds. The largest absolute Gasteiger partial charge is 0.480 e. The first-order valence-corrected chi connectivity index (χ1v) is 6.13. The quantitative estimate of drug-likeness (QED) is 0.531. The second-order valence-corrected chi connectivity index (χ2v) is 4.76. The third-order valence-electron chi connectivity index (χ3n) is 2.53. The van der Waals surface area contributed by atoms with E-state index in [1.807, 2.05) is 13.8 Å². The van der Waals surface area contributed by atoms with Crippen molar-refractivity contribution in [2.75, 3.05) is 7.11 Å². The molecule has 0 fully saturated rings. The topological polar surface area (TPSA) is 119 Å². The highest BCUT2D eigenvalue weighted by atomic mass is 16.5. The van der Waals surface area contributed by atoms with Gasteiger partial charge in [0.25, 0.3) is 0 Å². The van der Waals surface area contributed by atoms with Crippen molar-refractivity contribution >= 4 is 17.8 Å². The van der Waals surface area contributed by atoms with Gasteiger partial charge >= 0.3 is 11.9 Å². The van der Waals surface area contributed by atoms with E-state index in [1.54, 1.807) is 0 Å². The van der Waals surface area contributed by atoms with E-state index in [9.17, 15) is 14.4 Å². The fourth-order valence-electron chi connectivity index (χ4n) is 1.50. The third kappa shape index (κ3) is 7.40. The Morgan fingerprint density at radius 1 is 1.32 bits per heavy atom. The van der Waals surface area contributed by atoms with Gasteiger partial charge in [-0.25, -0.2) is 4.79 Å². The number of amides is 1. The van der Waals surface area contributed by atoms with E-state index >= 15 is 0 Å². The lowest BCUT2D eigenvalue weighted by Crippen LogP contribution is -2.43. The van der Waals surface area contributed by atoms with Crippen molar-refractivity contribution in [1.29, 1.82) is 0 Å². The van der Waals surface area contributed by atoms with Crippen LogP contribution in [0.1, 0.15) is 33.1 Å². The highest BCUT2D eigenvalue weighted by Crippen LogP contribution is 2.07. The van der Waals surface area contributed by atoms with Gasteiger partial charge in [0, 0.05) is 6.42 Å². The van der Waals surface area contributed by atoms with Crippen LogP contribution in [0.15, 0.2) is 0 Å². The second-order valence-electron chi connectivity index (χ2n) is 4.76. The lowest BCUT2D eigenvalue weighted by molar-refractivity contribution is -0.145. The summed E-state index contributed by atoms with van der Waals surface area (Å²) < 4.78 is 4.61. The molecule has 0 heterocycles. The Morgan fingerprint density at radius 3 is 2.32 bits per heavy atom. The molecule has 0 aromatic rings. The zero-order chi connectivity index (χ0) is 15.0. The summed E-state index contributed by atoms with van der Waals surface area (Å²) in [4.78, 5) is 33.6. The minimum absolute atomic E-state index is 0.0245. The summed E-state index contributed by atoms with van der Waals surface area (Å²) >= 11 is 0. The van der Waals surface area contributed by atoms with E-state index in [1.165, 1.54) is 7.11 Å². The molecule has 0 aliphatic heterocycles. The molecule has 0 saturated carbocycles. The minimum Gasteiger partial charge on any atom is -0.480 e. The molecule has 0 spiro atoms. The van der Waals surface area contributed by atoms with Crippen LogP contribution in [0.4, 0.5) is 0 Å². The van der Waals surface area contributed by atoms with E-state index in [0.29, 0.717) is 6.42 Å². The number of methoxy groups -OCH3 is 1. The third-order valence-corrected chi connectivity index (χ3v) is 2.53. The molecule has 0 bridgehead atoms. The van der Waals surface area contributed by atoms with E-state index in [0.717, 1.165) is 0 Å². The van der Waals surface area contributed by atoms with E-state index < -0.39 is 29.9 Å². The summed E-state index contributed by atoms with van der Waals surface area (Å²) in [6.07, 6.45) is 0.444. The molecule has 2 atom stereocenters. The molecular formula is C12H22N2O5. The first kappa shape index (κ1) is 17.4. The van der Waals surface area contributed by atoms with Gasteiger partial charge in [0.15, 0.2) is 0 Å². The van der Waals surface area contributed by atoms with Crippen molar-refractivity contribution in [3.8, 4) is 0 Å². The van der Waals surface area contributed by atoms with Gasteiger partial charge in [0.05, 0.1) is 7.11 Å². The highest BCUT2D eigenvalue weighted by Gasteiger charge is 2.23. The monoisotopic (exact) mass is 274 g/mol. The zero-order valence-electron chi connectivity index (χ0n) is 11.5. The molecule has 0 saturated heterocycles. The van der Waals surface area contributed by atoms with Crippen molar-refractivity contribution in [2.24, 2.45) is 11.7 Å². The van der Waals surface area contributed by atoms with Crippen LogP contribution in [0.5, 0.6) is 0 Å². The zero-order valence-corrected chi connectivity index (χ0v) is 11.5. The van der Waals surface area contributed by atoms with Gasteiger partial charge in [-0.05, 0) is 18.8 Å². The number of carbonyl (C=O) groups is 3. The molecule has 0 aliphatic carbocycles. The lowest BCUT2D eigenvalue weighted by atomic mass is 10.0. The maximum Gasteiger partial charge on any atom is 0.328 e. The number of carboxylic acids is 1. The summed E-state index contributed by atoms with van der Waals surface area (Å²) in [6, 6.07) is -1.79. The fraction of sp³-hybridized carbons (Fsp3) is 0.750. The van der Waals surface area contributed by atoms with Gasteiger partial charge in [-0.3, -0.25) is 9.59 Å². The van der Waals surface area contributed by atoms with Crippen LogP contribution in [0.25, 0.3) is 0 Å². The average Bonchev–Trinajstić information content (AvgIpc) is 2.33. The second kappa shape index (κ2) is 8.47. The number of carbonyl (C=O) groups excluding carboxylic acids is 2.